The zero-order valence-corrected chi connectivity index (χ0v) is 16.7. The SMILES string of the molecule is O=C(O)C(=CC(F)(F)C(F)(F)C(F)(F)C(F)(F)C(F)(F)C(F)(F)C(F)(C(F)(F)F)C(F)(F)F)CCCO. The van der Waals surface area contributed by atoms with E-state index in [1.807, 2.05) is 0 Å². The number of allylic oxidation sites excluding steroid dienone is 1. The first-order chi connectivity index (χ1) is 15.9. The number of carboxylic acids is 1. The number of aliphatic hydroxyl groups is 1. The summed E-state index contributed by atoms with van der Waals surface area (Å²) < 4.78 is 251. The van der Waals surface area contributed by atoms with Gasteiger partial charge < -0.3 is 10.2 Å². The van der Waals surface area contributed by atoms with Gasteiger partial charge in [-0.25, -0.2) is 9.18 Å². The van der Waals surface area contributed by atoms with Gasteiger partial charge in [0.15, 0.2) is 0 Å². The maximum Gasteiger partial charge on any atom is 0.438 e. The highest BCUT2D eigenvalue weighted by molar-refractivity contribution is 5.86. The van der Waals surface area contributed by atoms with Gasteiger partial charge in [0.05, 0.1) is 0 Å². The number of aliphatic carboxylic acids is 1. The number of hydrogen-bond acceptors (Lipinski definition) is 2. The first-order valence-electron chi connectivity index (χ1n) is 8.52. The van der Waals surface area contributed by atoms with Crippen molar-refractivity contribution in [2.24, 2.45) is 0 Å². The fourth-order valence-corrected chi connectivity index (χ4v) is 2.35. The van der Waals surface area contributed by atoms with Crippen LogP contribution in [0.25, 0.3) is 0 Å². The summed E-state index contributed by atoms with van der Waals surface area (Å²) in [5, 5.41) is 16.9. The number of rotatable bonds is 11. The first kappa shape index (κ1) is 34.8. The van der Waals surface area contributed by atoms with Gasteiger partial charge in [-0.15, -0.1) is 0 Å². The van der Waals surface area contributed by atoms with Crippen molar-refractivity contribution in [3.05, 3.63) is 11.6 Å². The molecule has 0 radical (unpaired) electrons. The summed E-state index contributed by atoms with van der Waals surface area (Å²) in [6.45, 7) is -1.11. The van der Waals surface area contributed by atoms with Crippen molar-refractivity contribution < 1.29 is 98.4 Å². The normalized spacial score (nSPS) is 16.3. The second kappa shape index (κ2) is 9.54. The number of hydrogen-bond donors (Lipinski definition) is 2. The maximum absolute atomic E-state index is 13.7. The van der Waals surface area contributed by atoms with Crippen molar-refractivity contribution in [1.29, 1.82) is 0 Å². The van der Waals surface area contributed by atoms with Gasteiger partial charge in [0.2, 0.25) is 0 Å². The van der Waals surface area contributed by atoms with Crippen molar-refractivity contribution in [3.8, 4) is 0 Å². The molecule has 3 nitrogen and oxygen atoms in total. The third kappa shape index (κ3) is 5.00. The predicted octanol–water partition coefficient (Wildman–Crippen LogP) is 6.41. The second-order valence-electron chi connectivity index (χ2n) is 6.95. The molecular weight excluding hydrogens is 589 g/mol. The molecule has 0 spiro atoms. The molecule has 0 saturated carbocycles. The molecular formula is C15H9F19O3. The fraction of sp³-hybridized carbons (Fsp3) is 0.800. The molecule has 0 aromatic heterocycles. The van der Waals surface area contributed by atoms with E-state index >= 15 is 0 Å². The van der Waals surface area contributed by atoms with Gasteiger partial charge in [0.1, 0.15) is 0 Å². The van der Waals surface area contributed by atoms with Crippen LogP contribution in [0, 0.1) is 0 Å². The highest BCUT2D eigenvalue weighted by atomic mass is 19.4. The molecule has 37 heavy (non-hydrogen) atoms. The summed E-state index contributed by atoms with van der Waals surface area (Å²) in [5.41, 5.74) is -10.9. The van der Waals surface area contributed by atoms with Gasteiger partial charge in [-0.3, -0.25) is 0 Å². The molecule has 0 bridgehead atoms. The van der Waals surface area contributed by atoms with Crippen molar-refractivity contribution in [2.45, 2.75) is 66.4 Å². The van der Waals surface area contributed by atoms with Crippen LogP contribution in [0.5, 0.6) is 0 Å². The van der Waals surface area contributed by atoms with Crippen LogP contribution in [0.3, 0.4) is 0 Å². The molecule has 0 aliphatic rings. The van der Waals surface area contributed by atoms with E-state index in [-0.39, 0.29) is 0 Å². The Morgan fingerprint density at radius 2 is 0.892 bits per heavy atom. The monoisotopic (exact) mass is 598 g/mol. The molecule has 2 N–H and O–H groups in total. The lowest BCUT2D eigenvalue weighted by Gasteiger charge is -2.44. The molecule has 0 amide bonds. The third-order valence-electron chi connectivity index (χ3n) is 4.44. The Morgan fingerprint density at radius 1 is 0.568 bits per heavy atom. The molecule has 0 fully saturated rings. The Labute approximate surface area is 190 Å². The highest BCUT2D eigenvalue weighted by Gasteiger charge is 2.98. The molecule has 0 heterocycles. The van der Waals surface area contributed by atoms with E-state index in [2.05, 4.69) is 0 Å². The van der Waals surface area contributed by atoms with E-state index in [1.165, 1.54) is 0 Å². The zero-order chi connectivity index (χ0) is 30.5. The van der Waals surface area contributed by atoms with Gasteiger partial charge in [0, 0.05) is 18.3 Å². The van der Waals surface area contributed by atoms with Crippen LogP contribution in [0.15, 0.2) is 11.6 Å². The number of halogens is 19. The molecule has 22 heteroatoms. The summed E-state index contributed by atoms with van der Waals surface area (Å²) in [6.07, 6.45) is -20.9. The Kier molecular flexibility index (Phi) is 8.99. The summed E-state index contributed by atoms with van der Waals surface area (Å²) in [4.78, 5) is 10.7. The van der Waals surface area contributed by atoms with E-state index in [0.29, 0.717) is 0 Å². The lowest BCUT2D eigenvalue weighted by Crippen LogP contribution is -2.77. The minimum absolute atomic E-state index is 0.926. The van der Waals surface area contributed by atoms with Gasteiger partial charge in [0.25, 0.3) is 0 Å². The summed E-state index contributed by atoms with van der Waals surface area (Å²) in [6, 6.07) is 0. The fourth-order valence-electron chi connectivity index (χ4n) is 2.35. The summed E-state index contributed by atoms with van der Waals surface area (Å²) in [7, 11) is 0. The van der Waals surface area contributed by atoms with E-state index in [0.717, 1.165) is 0 Å². The van der Waals surface area contributed by atoms with Gasteiger partial charge in [-0.05, 0) is 12.8 Å². The van der Waals surface area contributed by atoms with Gasteiger partial charge >= 0.3 is 59.5 Å². The minimum Gasteiger partial charge on any atom is -0.478 e. The van der Waals surface area contributed by atoms with Crippen molar-refractivity contribution in [3.63, 3.8) is 0 Å². The third-order valence-corrected chi connectivity index (χ3v) is 4.44. The second-order valence-corrected chi connectivity index (χ2v) is 6.95. The molecule has 0 aromatic rings. The van der Waals surface area contributed by atoms with Crippen LogP contribution in [0.4, 0.5) is 83.4 Å². The number of carbonyl (C=O) groups is 1. The van der Waals surface area contributed by atoms with Crippen LogP contribution in [0.2, 0.25) is 0 Å². The van der Waals surface area contributed by atoms with E-state index < -0.39 is 90.6 Å². The smallest absolute Gasteiger partial charge is 0.438 e. The van der Waals surface area contributed by atoms with Crippen molar-refractivity contribution in [2.75, 3.05) is 6.61 Å². The van der Waals surface area contributed by atoms with Gasteiger partial charge in [-0.2, -0.15) is 79.0 Å². The molecule has 0 unspecified atom stereocenters. The molecule has 0 aliphatic heterocycles. The Hall–Kier alpha value is -2.16. The molecule has 0 rings (SSSR count). The van der Waals surface area contributed by atoms with Crippen molar-refractivity contribution >= 4 is 5.97 Å². The van der Waals surface area contributed by atoms with Crippen LogP contribution in [0.1, 0.15) is 12.8 Å². The summed E-state index contributed by atoms with van der Waals surface area (Å²) >= 11 is 0. The minimum atomic E-state index is -9.14. The zero-order valence-electron chi connectivity index (χ0n) is 16.7. The van der Waals surface area contributed by atoms with E-state index in [9.17, 15) is 88.2 Å². The van der Waals surface area contributed by atoms with Crippen molar-refractivity contribution in [1.82, 2.24) is 0 Å². The average molecular weight is 598 g/mol. The number of carboxylic acid groups (broad SMARTS) is 1. The molecule has 0 aliphatic carbocycles. The number of alkyl halides is 19. The van der Waals surface area contributed by atoms with Crippen LogP contribution in [-0.4, -0.2) is 76.3 Å². The maximum atomic E-state index is 13.7. The van der Waals surface area contributed by atoms with Gasteiger partial charge in [-0.1, -0.05) is 0 Å². The average Bonchev–Trinajstić information content (AvgIpc) is 2.67. The van der Waals surface area contributed by atoms with Crippen LogP contribution < -0.4 is 0 Å². The van der Waals surface area contributed by atoms with E-state index in [1.54, 1.807) is 0 Å². The molecule has 220 valence electrons. The largest absolute Gasteiger partial charge is 0.478 e. The lowest BCUT2D eigenvalue weighted by molar-refractivity contribution is -0.470. The molecule has 0 aromatic carbocycles. The lowest BCUT2D eigenvalue weighted by atomic mass is 9.83. The Morgan fingerprint density at radius 3 is 1.19 bits per heavy atom. The molecule has 0 atom stereocenters. The van der Waals surface area contributed by atoms with Crippen LogP contribution in [-0.2, 0) is 4.79 Å². The van der Waals surface area contributed by atoms with Crippen LogP contribution >= 0.6 is 0 Å². The Bertz CT molecular complexity index is 853. The van der Waals surface area contributed by atoms with E-state index in [4.69, 9.17) is 10.2 Å². The first-order valence-corrected chi connectivity index (χ1v) is 8.52. The standard InChI is InChI=1S/C15H9F19O3/c16-7(17,4-5(6(36)37)2-1-3-35)9(19,20)11(23,24)13(27,28)12(25,26)10(21,22)8(18,14(29,30)31)15(32,33)34/h4,35H,1-3H2,(H,36,37). The Balaban J connectivity index is 7.17. The highest BCUT2D eigenvalue weighted by Crippen LogP contribution is 2.66. The predicted molar refractivity (Wildman–Crippen MR) is 77.7 cm³/mol. The quantitative estimate of drug-likeness (QED) is 0.214. The summed E-state index contributed by atoms with van der Waals surface area (Å²) in [5.74, 6) is -53.9. The topological polar surface area (TPSA) is 57.5 Å². The molecule has 0 saturated heterocycles. The number of aliphatic hydroxyl groups excluding tert-OH is 1.